The van der Waals surface area contributed by atoms with Crippen molar-refractivity contribution in [2.75, 3.05) is 4.90 Å². The second-order valence-electron chi connectivity index (χ2n) is 9.58. The zero-order valence-electron chi connectivity index (χ0n) is 17.4. The summed E-state index contributed by atoms with van der Waals surface area (Å²) in [4.78, 5) is 22.1. The fourth-order valence-corrected chi connectivity index (χ4v) is 4.64. The highest BCUT2D eigenvalue weighted by Gasteiger charge is 2.40. The van der Waals surface area contributed by atoms with Crippen molar-refractivity contribution in [1.82, 2.24) is 9.97 Å². The molecule has 4 rings (SSSR count). The Hall–Kier alpha value is -2.43. The Morgan fingerprint density at radius 1 is 1.07 bits per heavy atom. The predicted octanol–water partition coefficient (Wildman–Crippen LogP) is 5.13. The molecule has 0 spiro atoms. The normalized spacial score (nSPS) is 19.8. The Kier molecular flexibility index (Phi) is 4.25. The van der Waals surface area contributed by atoms with Crippen LogP contribution in [0.5, 0.6) is 0 Å². The van der Waals surface area contributed by atoms with Crippen molar-refractivity contribution in [2.24, 2.45) is 0 Å². The van der Waals surface area contributed by atoms with Gasteiger partial charge in [-0.1, -0.05) is 33.8 Å². The van der Waals surface area contributed by atoms with Gasteiger partial charge in [-0.25, -0.2) is 14.8 Å². The molecule has 0 bridgehead atoms. The van der Waals surface area contributed by atoms with Gasteiger partial charge in [0.1, 0.15) is 0 Å². The van der Waals surface area contributed by atoms with Gasteiger partial charge >= 0.3 is 5.97 Å². The molecule has 0 unspecified atom stereocenters. The minimum absolute atomic E-state index is 0.115. The number of rotatable bonds is 4. The summed E-state index contributed by atoms with van der Waals surface area (Å²) in [5.41, 5.74) is 5.77. The van der Waals surface area contributed by atoms with Gasteiger partial charge in [0, 0.05) is 24.1 Å². The van der Waals surface area contributed by atoms with Gasteiger partial charge in [-0.05, 0) is 66.2 Å². The average Bonchev–Trinajstić information content (AvgIpc) is 3.46. The number of anilines is 2. The summed E-state index contributed by atoms with van der Waals surface area (Å²) in [5.74, 6) is -0.415. The van der Waals surface area contributed by atoms with Crippen molar-refractivity contribution in [3.8, 4) is 0 Å². The minimum Gasteiger partial charge on any atom is -0.478 e. The van der Waals surface area contributed by atoms with E-state index in [1.54, 1.807) is 0 Å². The van der Waals surface area contributed by atoms with E-state index in [-0.39, 0.29) is 16.4 Å². The number of hydrogen-bond acceptors (Lipinski definition) is 4. The Bertz CT molecular complexity index is 928. The van der Waals surface area contributed by atoms with E-state index in [1.807, 2.05) is 0 Å². The van der Waals surface area contributed by atoms with Crippen LogP contribution in [0.2, 0.25) is 0 Å². The van der Waals surface area contributed by atoms with E-state index in [0.29, 0.717) is 12.0 Å². The van der Waals surface area contributed by atoms with Crippen molar-refractivity contribution in [3.63, 3.8) is 0 Å². The summed E-state index contributed by atoms with van der Waals surface area (Å²) in [6.45, 7) is 11.6. The van der Waals surface area contributed by atoms with E-state index in [1.165, 1.54) is 41.9 Å². The summed E-state index contributed by atoms with van der Waals surface area (Å²) in [5, 5.41) is 9.14. The summed E-state index contributed by atoms with van der Waals surface area (Å²) >= 11 is 0. The third kappa shape index (κ3) is 3.07. The molecule has 1 aromatic carbocycles. The first-order valence-corrected chi connectivity index (χ1v) is 10.1. The minimum atomic E-state index is -1.00. The van der Waals surface area contributed by atoms with Gasteiger partial charge in [-0.3, -0.25) is 0 Å². The molecular formula is C23H29N3O2. The third-order valence-corrected chi connectivity index (χ3v) is 6.49. The van der Waals surface area contributed by atoms with Gasteiger partial charge in [0.05, 0.1) is 5.56 Å². The lowest BCUT2D eigenvalue weighted by molar-refractivity contribution is 0.0696. The number of carboxylic acids is 1. The van der Waals surface area contributed by atoms with Crippen molar-refractivity contribution in [1.29, 1.82) is 0 Å². The maximum absolute atomic E-state index is 11.2. The van der Waals surface area contributed by atoms with Crippen LogP contribution in [0.1, 0.15) is 80.4 Å². The summed E-state index contributed by atoms with van der Waals surface area (Å²) < 4.78 is 0. The summed E-state index contributed by atoms with van der Waals surface area (Å²) in [6, 6.07) is 4.89. The largest absolute Gasteiger partial charge is 0.478 e. The van der Waals surface area contributed by atoms with Crippen LogP contribution in [0.3, 0.4) is 0 Å². The van der Waals surface area contributed by atoms with Crippen LogP contribution >= 0.6 is 0 Å². The zero-order valence-corrected chi connectivity index (χ0v) is 17.4. The van der Waals surface area contributed by atoms with E-state index < -0.39 is 5.97 Å². The lowest BCUT2D eigenvalue weighted by Gasteiger charge is -2.44. The van der Waals surface area contributed by atoms with Crippen LogP contribution in [0.15, 0.2) is 24.5 Å². The smallest absolute Gasteiger partial charge is 0.338 e. The molecule has 1 heterocycles. The molecule has 0 radical (unpaired) electrons. The molecule has 0 saturated heterocycles. The first kappa shape index (κ1) is 18.9. The number of hydrogen-bond donors (Lipinski definition) is 1. The van der Waals surface area contributed by atoms with Crippen LogP contribution in [-0.2, 0) is 10.8 Å². The van der Waals surface area contributed by atoms with Gasteiger partial charge in [0.15, 0.2) is 0 Å². The first-order chi connectivity index (χ1) is 13.1. The lowest BCUT2D eigenvalue weighted by atomic mass is 9.62. The third-order valence-electron chi connectivity index (χ3n) is 6.49. The van der Waals surface area contributed by atoms with Crippen LogP contribution in [0, 0.1) is 6.92 Å². The standard InChI is InChI=1S/C23H29N3O2/c1-14-18(9-8-17-19(14)23(4,5)11-10-22(17,2)3)26(16-6-7-16)21-24-12-15(13-25-21)20(27)28/h8-9,12-13,16H,6-7,10-11H2,1-5H3,(H,27,28). The van der Waals surface area contributed by atoms with Gasteiger partial charge in [0.2, 0.25) is 5.95 Å². The van der Waals surface area contributed by atoms with E-state index in [9.17, 15) is 4.79 Å². The Balaban J connectivity index is 1.84. The van der Waals surface area contributed by atoms with E-state index in [0.717, 1.165) is 18.5 Å². The monoisotopic (exact) mass is 379 g/mol. The van der Waals surface area contributed by atoms with Gasteiger partial charge in [-0.2, -0.15) is 0 Å². The van der Waals surface area contributed by atoms with Crippen molar-refractivity contribution in [3.05, 3.63) is 46.8 Å². The molecule has 1 N–H and O–H groups in total. The van der Waals surface area contributed by atoms with E-state index in [2.05, 4.69) is 61.6 Å². The highest BCUT2D eigenvalue weighted by atomic mass is 16.4. The molecule has 0 atom stereocenters. The number of fused-ring (bicyclic) bond motifs is 1. The quantitative estimate of drug-likeness (QED) is 0.797. The number of carboxylic acid groups (broad SMARTS) is 1. The molecule has 2 aromatic rings. The van der Waals surface area contributed by atoms with Crippen LogP contribution in [0.25, 0.3) is 0 Å². The maximum Gasteiger partial charge on any atom is 0.338 e. The first-order valence-electron chi connectivity index (χ1n) is 10.1. The zero-order chi connectivity index (χ0) is 20.3. The molecule has 1 fully saturated rings. The number of nitrogens with zero attached hydrogens (tertiary/aromatic N) is 3. The number of aromatic nitrogens is 2. The highest BCUT2D eigenvalue weighted by molar-refractivity contribution is 5.87. The van der Waals surface area contributed by atoms with Gasteiger partial charge in [-0.15, -0.1) is 0 Å². The summed E-state index contributed by atoms with van der Waals surface area (Å²) in [7, 11) is 0. The van der Waals surface area contributed by atoms with Crippen LogP contribution in [-0.4, -0.2) is 27.1 Å². The molecule has 148 valence electrons. The van der Waals surface area contributed by atoms with Crippen LogP contribution < -0.4 is 4.90 Å². The maximum atomic E-state index is 11.2. The predicted molar refractivity (Wildman–Crippen MR) is 111 cm³/mol. The number of aromatic carboxylic acids is 1. The molecule has 1 aromatic heterocycles. The van der Waals surface area contributed by atoms with Crippen molar-refractivity contribution in [2.45, 2.75) is 77.2 Å². The van der Waals surface area contributed by atoms with Crippen molar-refractivity contribution >= 4 is 17.6 Å². The lowest BCUT2D eigenvalue weighted by Crippen LogP contribution is -2.35. The van der Waals surface area contributed by atoms with Gasteiger partial charge in [0.25, 0.3) is 0 Å². The van der Waals surface area contributed by atoms with Crippen LogP contribution in [0.4, 0.5) is 11.6 Å². The molecule has 5 heteroatoms. The molecule has 2 aliphatic rings. The second kappa shape index (κ2) is 6.29. The van der Waals surface area contributed by atoms with Gasteiger partial charge < -0.3 is 10.0 Å². The molecule has 28 heavy (non-hydrogen) atoms. The molecule has 2 aliphatic carbocycles. The second-order valence-corrected chi connectivity index (χ2v) is 9.58. The molecular weight excluding hydrogens is 350 g/mol. The SMILES string of the molecule is Cc1c(N(c2ncc(C(=O)O)cn2)C2CC2)ccc2c1C(C)(C)CCC2(C)C. The van der Waals surface area contributed by atoms with E-state index >= 15 is 0 Å². The molecule has 0 aliphatic heterocycles. The Morgan fingerprint density at radius 3 is 2.25 bits per heavy atom. The molecule has 1 saturated carbocycles. The van der Waals surface area contributed by atoms with Crippen molar-refractivity contribution < 1.29 is 9.90 Å². The highest BCUT2D eigenvalue weighted by Crippen LogP contribution is 2.50. The van der Waals surface area contributed by atoms with E-state index in [4.69, 9.17) is 5.11 Å². The number of benzene rings is 1. The Labute approximate surface area is 166 Å². The molecule has 5 nitrogen and oxygen atoms in total. The average molecular weight is 380 g/mol. The molecule has 0 amide bonds. The summed E-state index contributed by atoms with van der Waals surface area (Å²) in [6.07, 6.45) is 7.38. The topological polar surface area (TPSA) is 66.3 Å². The number of carbonyl (C=O) groups is 1. The fraction of sp³-hybridized carbons (Fsp3) is 0.522. The fourth-order valence-electron chi connectivity index (χ4n) is 4.64. The Morgan fingerprint density at radius 2 is 1.68 bits per heavy atom.